The highest BCUT2D eigenvalue weighted by Crippen LogP contribution is 2.41. The molecule has 0 radical (unpaired) electrons. The zero-order chi connectivity index (χ0) is 24.3. The summed E-state index contributed by atoms with van der Waals surface area (Å²) in [5, 5.41) is 0. The molecule has 0 aliphatic carbocycles. The van der Waals surface area contributed by atoms with Gasteiger partial charge in [-0.2, -0.15) is 0 Å². The van der Waals surface area contributed by atoms with Gasteiger partial charge < -0.3 is 9.64 Å². The van der Waals surface area contributed by atoms with E-state index in [1.165, 1.54) is 0 Å². The van der Waals surface area contributed by atoms with Crippen molar-refractivity contribution in [3.63, 3.8) is 0 Å². The van der Waals surface area contributed by atoms with Crippen molar-refractivity contribution >= 4 is 12.0 Å². The predicted octanol–water partition coefficient (Wildman–Crippen LogP) is 4.72. The summed E-state index contributed by atoms with van der Waals surface area (Å²) >= 11 is 0. The number of unbranched alkanes of at least 4 members (excludes halogenated alkanes) is 1. The molecule has 6 nitrogen and oxygen atoms in total. The molecule has 0 aromatic heterocycles. The number of piperidine rings is 2. The summed E-state index contributed by atoms with van der Waals surface area (Å²) < 4.78 is 19.1. The van der Waals surface area contributed by atoms with Gasteiger partial charge in [-0.1, -0.05) is 38.0 Å². The number of aryl methyl sites for hydroxylation is 2. The van der Waals surface area contributed by atoms with E-state index in [1.807, 2.05) is 36.9 Å². The van der Waals surface area contributed by atoms with E-state index in [9.17, 15) is 14.0 Å². The van der Waals surface area contributed by atoms with Gasteiger partial charge in [-0.15, -0.1) is 0 Å². The molecule has 3 fully saturated rings. The van der Waals surface area contributed by atoms with Crippen molar-refractivity contribution < 1.29 is 18.7 Å². The molecule has 4 rings (SSSR count). The first-order valence-corrected chi connectivity index (χ1v) is 13.1. The second-order valence-corrected chi connectivity index (χ2v) is 10.3. The molecule has 3 saturated heterocycles. The summed E-state index contributed by atoms with van der Waals surface area (Å²) in [5.41, 5.74) is 2.45. The standard InChI is InChI=1S/C27H40FN3O3/c1-4-5-9-23-27(34-26(33)31(23)19-14-28)12-17-29(18-13-27)22-10-15-30(16-11-22)25(32)24-20(2)7-6-8-21(24)3/h6-8,22-23H,4-5,9-19H2,1-3H3. The fourth-order valence-electron chi connectivity index (χ4n) is 6.31. The Balaban J connectivity index is 1.34. The van der Waals surface area contributed by atoms with Crippen molar-refractivity contribution in [2.75, 3.05) is 39.4 Å². The van der Waals surface area contributed by atoms with E-state index < -0.39 is 12.3 Å². The van der Waals surface area contributed by atoms with Crippen LogP contribution in [-0.4, -0.2) is 83.8 Å². The number of carbonyl (C=O) groups is 2. The third-order valence-corrected chi connectivity index (χ3v) is 8.27. The molecule has 34 heavy (non-hydrogen) atoms. The molecule has 0 N–H and O–H groups in total. The maximum Gasteiger partial charge on any atom is 0.410 e. The molecule has 7 heteroatoms. The summed E-state index contributed by atoms with van der Waals surface area (Å²) in [6, 6.07) is 6.45. The monoisotopic (exact) mass is 473 g/mol. The Kier molecular flexibility index (Phi) is 7.80. The topological polar surface area (TPSA) is 53.1 Å². The number of alkyl halides is 1. The minimum Gasteiger partial charge on any atom is -0.440 e. The molecule has 2 amide bonds. The van der Waals surface area contributed by atoms with E-state index in [2.05, 4.69) is 11.8 Å². The number of rotatable bonds is 7. The Morgan fingerprint density at radius 2 is 1.76 bits per heavy atom. The Morgan fingerprint density at radius 3 is 2.35 bits per heavy atom. The first-order chi connectivity index (χ1) is 16.4. The zero-order valence-corrected chi connectivity index (χ0v) is 21.0. The van der Waals surface area contributed by atoms with Gasteiger partial charge in [0.05, 0.1) is 12.6 Å². The first kappa shape index (κ1) is 25.0. The number of nitrogens with zero attached hydrogens (tertiary/aromatic N) is 3. The minimum absolute atomic E-state index is 0.0188. The van der Waals surface area contributed by atoms with Crippen molar-refractivity contribution in [2.45, 2.75) is 83.4 Å². The van der Waals surface area contributed by atoms with Crippen LogP contribution >= 0.6 is 0 Å². The summed E-state index contributed by atoms with van der Waals surface area (Å²) in [7, 11) is 0. The van der Waals surface area contributed by atoms with Gasteiger partial charge in [0.25, 0.3) is 5.91 Å². The molecule has 1 aromatic rings. The van der Waals surface area contributed by atoms with Crippen molar-refractivity contribution in [3.8, 4) is 0 Å². The number of benzene rings is 1. The molecule has 0 saturated carbocycles. The maximum absolute atomic E-state index is 13.2. The largest absolute Gasteiger partial charge is 0.440 e. The number of ether oxygens (including phenoxy) is 1. The molecule has 3 aliphatic rings. The Hall–Kier alpha value is -2.15. The van der Waals surface area contributed by atoms with Crippen LogP contribution in [0.1, 0.15) is 73.4 Å². The van der Waals surface area contributed by atoms with Crippen LogP contribution in [-0.2, 0) is 4.74 Å². The van der Waals surface area contributed by atoms with Gasteiger partial charge >= 0.3 is 6.09 Å². The van der Waals surface area contributed by atoms with Crippen molar-refractivity contribution in [3.05, 3.63) is 34.9 Å². The van der Waals surface area contributed by atoms with Gasteiger partial charge in [0, 0.05) is 50.6 Å². The lowest BCUT2D eigenvalue weighted by molar-refractivity contribution is -0.0382. The van der Waals surface area contributed by atoms with Crippen LogP contribution in [0.5, 0.6) is 0 Å². The van der Waals surface area contributed by atoms with E-state index in [0.29, 0.717) is 6.04 Å². The summed E-state index contributed by atoms with van der Waals surface area (Å²) in [6.45, 7) is 9.08. The van der Waals surface area contributed by atoms with Crippen LogP contribution in [0.15, 0.2) is 18.2 Å². The second-order valence-electron chi connectivity index (χ2n) is 10.3. The molecule has 1 atom stereocenters. The average Bonchev–Trinajstić information content (AvgIpc) is 3.08. The average molecular weight is 474 g/mol. The van der Waals surface area contributed by atoms with Gasteiger partial charge in [-0.05, 0) is 44.2 Å². The maximum atomic E-state index is 13.2. The lowest BCUT2D eigenvalue weighted by atomic mass is 9.81. The lowest BCUT2D eigenvalue weighted by Crippen LogP contribution is -2.56. The van der Waals surface area contributed by atoms with Crippen LogP contribution < -0.4 is 0 Å². The highest BCUT2D eigenvalue weighted by Gasteiger charge is 2.54. The third-order valence-electron chi connectivity index (χ3n) is 8.27. The summed E-state index contributed by atoms with van der Waals surface area (Å²) in [4.78, 5) is 31.9. The molecule has 3 heterocycles. The van der Waals surface area contributed by atoms with Gasteiger partial charge in [0.1, 0.15) is 12.3 Å². The number of carbonyl (C=O) groups excluding carboxylic acids is 2. The molecule has 0 bridgehead atoms. The normalized spacial score (nSPS) is 23.5. The molecule has 188 valence electrons. The molecular formula is C27H40FN3O3. The molecule has 1 aromatic carbocycles. The van der Waals surface area contributed by atoms with Gasteiger partial charge in [0.2, 0.25) is 0 Å². The van der Waals surface area contributed by atoms with Crippen LogP contribution in [0.25, 0.3) is 0 Å². The number of hydrogen-bond acceptors (Lipinski definition) is 4. The van der Waals surface area contributed by atoms with E-state index in [-0.39, 0.29) is 24.6 Å². The molecular weight excluding hydrogens is 433 g/mol. The van der Waals surface area contributed by atoms with E-state index in [0.717, 1.165) is 87.8 Å². The van der Waals surface area contributed by atoms with Crippen molar-refractivity contribution in [1.82, 2.24) is 14.7 Å². The Bertz CT molecular complexity index is 856. The first-order valence-electron chi connectivity index (χ1n) is 13.1. The fraction of sp³-hybridized carbons (Fsp3) is 0.704. The predicted molar refractivity (Wildman–Crippen MR) is 131 cm³/mol. The second kappa shape index (κ2) is 10.6. The lowest BCUT2D eigenvalue weighted by Gasteiger charge is -2.46. The third kappa shape index (κ3) is 4.81. The van der Waals surface area contributed by atoms with Crippen LogP contribution in [0.3, 0.4) is 0 Å². The highest BCUT2D eigenvalue weighted by atomic mass is 19.1. The van der Waals surface area contributed by atoms with Gasteiger partial charge in [-0.25, -0.2) is 9.18 Å². The van der Waals surface area contributed by atoms with E-state index in [1.54, 1.807) is 4.90 Å². The van der Waals surface area contributed by atoms with Gasteiger partial charge in [0.15, 0.2) is 0 Å². The minimum atomic E-state index is -0.529. The number of likely N-dealkylation sites (tertiary alicyclic amines) is 2. The smallest absolute Gasteiger partial charge is 0.410 e. The Labute approximate surface area is 203 Å². The molecule has 1 unspecified atom stereocenters. The van der Waals surface area contributed by atoms with E-state index in [4.69, 9.17) is 4.74 Å². The van der Waals surface area contributed by atoms with Crippen LogP contribution in [0.4, 0.5) is 9.18 Å². The number of amides is 2. The summed E-state index contributed by atoms with van der Waals surface area (Å²) in [5.74, 6) is 0.149. The molecule has 3 aliphatic heterocycles. The zero-order valence-electron chi connectivity index (χ0n) is 21.0. The van der Waals surface area contributed by atoms with Crippen molar-refractivity contribution in [1.29, 1.82) is 0 Å². The van der Waals surface area contributed by atoms with E-state index >= 15 is 0 Å². The van der Waals surface area contributed by atoms with Crippen LogP contribution in [0, 0.1) is 13.8 Å². The van der Waals surface area contributed by atoms with Crippen molar-refractivity contribution in [2.24, 2.45) is 0 Å². The molecule has 1 spiro atoms. The van der Waals surface area contributed by atoms with Gasteiger partial charge in [-0.3, -0.25) is 14.6 Å². The summed E-state index contributed by atoms with van der Waals surface area (Å²) in [6.07, 6.45) is 6.15. The number of halogens is 1. The Morgan fingerprint density at radius 1 is 1.12 bits per heavy atom. The SMILES string of the molecule is CCCCC1N(CCF)C(=O)OC12CCN(C1CCN(C(=O)c3c(C)cccc3C)CC1)CC2. The quantitative estimate of drug-likeness (QED) is 0.575. The van der Waals surface area contributed by atoms with Crippen LogP contribution in [0.2, 0.25) is 0 Å². The fourth-order valence-corrected chi connectivity index (χ4v) is 6.31. The highest BCUT2D eigenvalue weighted by molar-refractivity contribution is 5.97. The number of hydrogen-bond donors (Lipinski definition) is 0.